The normalized spacial score (nSPS) is 14.2. The molecule has 0 fully saturated rings. The van der Waals surface area contributed by atoms with Crippen molar-refractivity contribution in [3.63, 3.8) is 0 Å². The Hall–Kier alpha value is -1.69. The highest BCUT2D eigenvalue weighted by Crippen LogP contribution is 2.23. The fourth-order valence-electron chi connectivity index (χ4n) is 2.89. The Balaban J connectivity index is 1.87. The van der Waals surface area contributed by atoms with Gasteiger partial charge >= 0.3 is 0 Å². The topological polar surface area (TPSA) is 51.0 Å². The van der Waals surface area contributed by atoms with E-state index < -0.39 is 0 Å². The molecule has 3 heterocycles. The fourth-order valence-corrected chi connectivity index (χ4v) is 3.33. The monoisotopic (exact) mass is 376 g/mol. The third-order valence-corrected chi connectivity index (χ3v) is 4.62. The molecule has 0 radical (unpaired) electrons. The lowest BCUT2D eigenvalue weighted by Crippen LogP contribution is -2.37. The maximum Gasteiger partial charge on any atom is 0.270 e. The molecule has 0 saturated carbocycles. The van der Waals surface area contributed by atoms with Crippen LogP contribution in [-0.4, -0.2) is 31.9 Å². The summed E-state index contributed by atoms with van der Waals surface area (Å²) in [5.74, 6) is 0.901. The van der Waals surface area contributed by atoms with Crippen LogP contribution in [0.3, 0.4) is 0 Å². The number of nitrogens with zero attached hydrogens (tertiary/aromatic N) is 4. The van der Waals surface area contributed by atoms with E-state index in [0.29, 0.717) is 13.1 Å². The van der Waals surface area contributed by atoms with Crippen LogP contribution in [0.15, 0.2) is 22.9 Å². The van der Waals surface area contributed by atoms with Gasteiger partial charge in [0.25, 0.3) is 5.91 Å². The zero-order chi connectivity index (χ0) is 16.6. The molecule has 0 atom stereocenters. The molecular weight excluding hydrogens is 356 g/mol. The van der Waals surface area contributed by atoms with E-state index in [1.807, 2.05) is 34.9 Å². The number of hydrogen-bond donors (Lipinski definition) is 0. The van der Waals surface area contributed by atoms with Gasteiger partial charge in [0.2, 0.25) is 0 Å². The summed E-state index contributed by atoms with van der Waals surface area (Å²) in [7, 11) is 0. The summed E-state index contributed by atoms with van der Waals surface area (Å²) in [6, 6.07) is 2.14. The fraction of sp³-hybridized carbons (Fsp3) is 0.471. The molecule has 2 aromatic rings. The molecule has 0 saturated heterocycles. The number of carbonyl (C=O) groups is 1. The van der Waals surface area contributed by atoms with Crippen molar-refractivity contribution in [2.45, 2.75) is 46.2 Å². The van der Waals surface area contributed by atoms with Gasteiger partial charge in [0.15, 0.2) is 0 Å². The van der Waals surface area contributed by atoms with Crippen molar-refractivity contribution in [3.8, 4) is 0 Å². The Morgan fingerprint density at radius 3 is 2.91 bits per heavy atom. The van der Waals surface area contributed by atoms with Gasteiger partial charge in [-0.25, -0.2) is 9.97 Å². The van der Waals surface area contributed by atoms with E-state index in [1.54, 1.807) is 0 Å². The predicted octanol–water partition coefficient (Wildman–Crippen LogP) is 3.38. The number of fused-ring (bicyclic) bond motifs is 1. The molecule has 0 spiro atoms. The molecule has 0 N–H and O–H groups in total. The van der Waals surface area contributed by atoms with Gasteiger partial charge in [-0.1, -0.05) is 6.92 Å². The molecule has 1 aliphatic rings. The van der Waals surface area contributed by atoms with Gasteiger partial charge in [-0.2, -0.15) is 0 Å². The first-order valence-corrected chi connectivity index (χ1v) is 8.79. The summed E-state index contributed by atoms with van der Waals surface area (Å²) in [6.45, 7) is 7.47. The van der Waals surface area contributed by atoms with Gasteiger partial charge in [-0.3, -0.25) is 4.79 Å². The molecular formula is C17H21BrN4O. The average molecular weight is 377 g/mol. The molecule has 1 amide bonds. The van der Waals surface area contributed by atoms with E-state index in [9.17, 15) is 4.79 Å². The van der Waals surface area contributed by atoms with Crippen LogP contribution >= 0.6 is 15.9 Å². The van der Waals surface area contributed by atoms with Crippen LogP contribution in [0.5, 0.6) is 0 Å². The summed E-state index contributed by atoms with van der Waals surface area (Å²) in [6.07, 6.45) is 5.50. The number of aromatic nitrogens is 3. The molecule has 6 heteroatoms. The maximum absolute atomic E-state index is 12.9. The van der Waals surface area contributed by atoms with E-state index in [2.05, 4.69) is 39.7 Å². The second-order valence-electron chi connectivity index (χ2n) is 6.13. The van der Waals surface area contributed by atoms with E-state index >= 15 is 0 Å². The minimum absolute atomic E-state index is 0.0618. The standard InChI is InChI=1S/C17H21BrN4O/c1-4-16-19-8-12-5-6-21(10-14(12)20-16)17(23)15-7-13(18)9-22(15)11(2)3/h7-9,11H,4-6,10H2,1-3H3. The molecule has 0 aromatic carbocycles. The third-order valence-electron chi connectivity index (χ3n) is 4.19. The van der Waals surface area contributed by atoms with Gasteiger partial charge in [0.05, 0.1) is 12.2 Å². The van der Waals surface area contributed by atoms with Crippen molar-refractivity contribution in [3.05, 3.63) is 45.7 Å². The Morgan fingerprint density at radius 2 is 2.22 bits per heavy atom. The average Bonchev–Trinajstić information content (AvgIpc) is 2.95. The zero-order valence-electron chi connectivity index (χ0n) is 13.7. The van der Waals surface area contributed by atoms with Crippen LogP contribution in [0.4, 0.5) is 0 Å². The molecule has 0 unspecified atom stereocenters. The lowest BCUT2D eigenvalue weighted by molar-refractivity contribution is 0.0719. The first-order chi connectivity index (χ1) is 11.0. The zero-order valence-corrected chi connectivity index (χ0v) is 15.3. The Bertz CT molecular complexity index is 738. The van der Waals surface area contributed by atoms with Crippen molar-refractivity contribution in [2.24, 2.45) is 0 Å². The van der Waals surface area contributed by atoms with Crippen molar-refractivity contribution < 1.29 is 4.79 Å². The second kappa shape index (κ2) is 6.43. The molecule has 23 heavy (non-hydrogen) atoms. The number of hydrogen-bond acceptors (Lipinski definition) is 3. The van der Waals surface area contributed by atoms with E-state index in [4.69, 9.17) is 0 Å². The summed E-state index contributed by atoms with van der Waals surface area (Å²) < 4.78 is 2.95. The first kappa shape index (κ1) is 16.2. The van der Waals surface area contributed by atoms with Crippen molar-refractivity contribution in [1.29, 1.82) is 0 Å². The summed E-state index contributed by atoms with van der Waals surface area (Å²) in [4.78, 5) is 23.8. The number of amides is 1. The summed E-state index contributed by atoms with van der Waals surface area (Å²) in [5.41, 5.74) is 2.87. The Labute approximate surface area is 144 Å². The number of rotatable bonds is 3. The molecule has 122 valence electrons. The van der Waals surface area contributed by atoms with E-state index in [-0.39, 0.29) is 11.9 Å². The highest BCUT2D eigenvalue weighted by atomic mass is 79.9. The van der Waals surface area contributed by atoms with Gasteiger partial charge in [0.1, 0.15) is 11.5 Å². The Morgan fingerprint density at radius 1 is 1.43 bits per heavy atom. The summed E-state index contributed by atoms with van der Waals surface area (Å²) in [5, 5.41) is 0. The van der Waals surface area contributed by atoms with E-state index in [1.165, 1.54) is 0 Å². The van der Waals surface area contributed by atoms with Gasteiger partial charge in [-0.15, -0.1) is 0 Å². The minimum atomic E-state index is 0.0618. The minimum Gasteiger partial charge on any atom is -0.340 e. The van der Waals surface area contributed by atoms with E-state index in [0.717, 1.165) is 40.1 Å². The van der Waals surface area contributed by atoms with Crippen LogP contribution in [-0.2, 0) is 19.4 Å². The maximum atomic E-state index is 12.9. The van der Waals surface area contributed by atoms with Gasteiger partial charge in [0, 0.05) is 35.9 Å². The number of halogens is 1. The lowest BCUT2D eigenvalue weighted by atomic mass is 10.1. The summed E-state index contributed by atoms with van der Waals surface area (Å²) >= 11 is 3.48. The third kappa shape index (κ3) is 3.17. The highest BCUT2D eigenvalue weighted by molar-refractivity contribution is 9.10. The highest BCUT2D eigenvalue weighted by Gasteiger charge is 2.26. The first-order valence-electron chi connectivity index (χ1n) is 8.00. The molecule has 0 aliphatic carbocycles. The van der Waals surface area contributed by atoms with Crippen molar-refractivity contribution in [1.82, 2.24) is 19.4 Å². The Kier molecular flexibility index (Phi) is 4.53. The van der Waals surface area contributed by atoms with Crippen LogP contribution < -0.4 is 0 Å². The molecule has 5 nitrogen and oxygen atoms in total. The van der Waals surface area contributed by atoms with Gasteiger partial charge < -0.3 is 9.47 Å². The molecule has 3 rings (SSSR count). The van der Waals surface area contributed by atoms with Crippen molar-refractivity contribution in [2.75, 3.05) is 6.54 Å². The molecule has 0 bridgehead atoms. The van der Waals surface area contributed by atoms with Crippen LogP contribution in [0.25, 0.3) is 0 Å². The van der Waals surface area contributed by atoms with Gasteiger partial charge in [-0.05, 0) is 47.8 Å². The number of aryl methyl sites for hydroxylation is 1. The SMILES string of the molecule is CCc1ncc2c(n1)CN(C(=O)c1cc(Br)cn1C(C)C)CC2. The van der Waals surface area contributed by atoms with Crippen LogP contribution in [0.1, 0.15) is 54.4 Å². The second-order valence-corrected chi connectivity index (χ2v) is 7.05. The van der Waals surface area contributed by atoms with Crippen molar-refractivity contribution >= 4 is 21.8 Å². The van der Waals surface area contributed by atoms with Crippen LogP contribution in [0, 0.1) is 0 Å². The smallest absolute Gasteiger partial charge is 0.270 e. The lowest BCUT2D eigenvalue weighted by Gasteiger charge is -2.28. The predicted molar refractivity (Wildman–Crippen MR) is 92.4 cm³/mol. The molecule has 1 aliphatic heterocycles. The molecule has 2 aromatic heterocycles. The number of carbonyl (C=O) groups excluding carboxylic acids is 1. The largest absolute Gasteiger partial charge is 0.340 e. The van der Waals surface area contributed by atoms with Crippen LogP contribution in [0.2, 0.25) is 0 Å². The quantitative estimate of drug-likeness (QED) is 0.824.